The Balaban J connectivity index is 1.83. The molecule has 0 saturated heterocycles. The van der Waals surface area contributed by atoms with Gasteiger partial charge in [0, 0.05) is 36.6 Å². The Hall–Kier alpha value is -2.05. The van der Waals surface area contributed by atoms with Crippen LogP contribution in [-0.4, -0.2) is 32.0 Å². The lowest BCUT2D eigenvalue weighted by atomic mass is 10.1. The van der Waals surface area contributed by atoms with E-state index in [9.17, 15) is 8.42 Å². The van der Waals surface area contributed by atoms with Crippen LogP contribution in [0.15, 0.2) is 41.3 Å². The Bertz CT molecular complexity index is 890. The number of hydrogen-bond acceptors (Lipinski definition) is 4. The van der Waals surface area contributed by atoms with Crippen molar-refractivity contribution >= 4 is 10.0 Å². The molecule has 0 bridgehead atoms. The zero-order chi connectivity index (χ0) is 18.3. The first-order valence-corrected chi connectivity index (χ1v) is 10.4. The van der Waals surface area contributed by atoms with Crippen molar-refractivity contribution < 1.29 is 17.9 Å². The zero-order valence-corrected chi connectivity index (χ0v) is 15.9. The van der Waals surface area contributed by atoms with E-state index in [2.05, 4.69) is 0 Å². The minimum Gasteiger partial charge on any atom is -0.493 e. The van der Waals surface area contributed by atoms with E-state index in [4.69, 9.17) is 9.47 Å². The van der Waals surface area contributed by atoms with Crippen LogP contribution in [0.3, 0.4) is 0 Å². The van der Waals surface area contributed by atoms with Gasteiger partial charge < -0.3 is 9.47 Å². The highest BCUT2D eigenvalue weighted by molar-refractivity contribution is 7.89. The highest BCUT2D eigenvalue weighted by atomic mass is 32.2. The van der Waals surface area contributed by atoms with Gasteiger partial charge >= 0.3 is 0 Å². The van der Waals surface area contributed by atoms with Crippen molar-refractivity contribution in [1.29, 1.82) is 0 Å². The van der Waals surface area contributed by atoms with E-state index in [0.717, 1.165) is 23.1 Å². The molecule has 2 aliphatic rings. The molecule has 0 amide bonds. The average molecular weight is 373 g/mol. The molecule has 0 saturated carbocycles. The number of sulfonamides is 1. The van der Waals surface area contributed by atoms with Crippen molar-refractivity contribution in [3.05, 3.63) is 53.1 Å². The average Bonchev–Trinajstić information content (AvgIpc) is 3.26. The van der Waals surface area contributed by atoms with Crippen LogP contribution in [0.5, 0.6) is 11.5 Å². The quantitative estimate of drug-likeness (QED) is 0.808. The Labute approximate surface area is 154 Å². The van der Waals surface area contributed by atoms with Gasteiger partial charge in [-0.2, -0.15) is 4.31 Å². The fourth-order valence-corrected chi connectivity index (χ4v) is 5.69. The predicted octanol–water partition coefficient (Wildman–Crippen LogP) is 3.16. The summed E-state index contributed by atoms with van der Waals surface area (Å²) in [4.78, 5) is 0.310. The fourth-order valence-electron chi connectivity index (χ4n) is 3.64. The minimum atomic E-state index is -3.72. The lowest BCUT2D eigenvalue weighted by molar-refractivity contribution is 0.333. The van der Waals surface area contributed by atoms with Crippen LogP contribution in [0, 0.1) is 0 Å². The molecule has 6 heteroatoms. The summed E-state index contributed by atoms with van der Waals surface area (Å²) in [6, 6.07) is 11.5. The van der Waals surface area contributed by atoms with E-state index in [-0.39, 0.29) is 6.04 Å². The number of fused-ring (bicyclic) bond motifs is 2. The molecule has 2 aromatic carbocycles. The first kappa shape index (κ1) is 17.4. The third kappa shape index (κ3) is 2.87. The van der Waals surface area contributed by atoms with Gasteiger partial charge in [0.05, 0.1) is 13.2 Å². The van der Waals surface area contributed by atoms with Gasteiger partial charge in [-0.1, -0.05) is 30.3 Å². The van der Waals surface area contributed by atoms with E-state index < -0.39 is 10.0 Å². The second-order valence-corrected chi connectivity index (χ2v) is 8.82. The largest absolute Gasteiger partial charge is 0.493 e. The first-order chi connectivity index (χ1) is 12.5. The monoisotopic (exact) mass is 373 g/mol. The van der Waals surface area contributed by atoms with Crippen LogP contribution < -0.4 is 9.47 Å². The number of hydrogen-bond donors (Lipinski definition) is 0. The fraction of sp³-hybridized carbons (Fsp3) is 0.400. The van der Waals surface area contributed by atoms with E-state index in [0.29, 0.717) is 42.6 Å². The van der Waals surface area contributed by atoms with Gasteiger partial charge in [0.2, 0.25) is 10.0 Å². The minimum absolute atomic E-state index is 0.171. The van der Waals surface area contributed by atoms with Gasteiger partial charge in [-0.05, 0) is 25.5 Å². The summed E-state index contributed by atoms with van der Waals surface area (Å²) >= 11 is 0. The lowest BCUT2D eigenvalue weighted by Gasteiger charge is -2.27. The topological polar surface area (TPSA) is 55.8 Å². The van der Waals surface area contributed by atoms with Crippen molar-refractivity contribution in [2.45, 2.75) is 44.2 Å². The smallest absolute Gasteiger partial charge is 0.247 e. The van der Waals surface area contributed by atoms with Gasteiger partial charge in [-0.25, -0.2) is 8.42 Å². The van der Waals surface area contributed by atoms with Crippen LogP contribution in [0.2, 0.25) is 0 Å². The van der Waals surface area contributed by atoms with Crippen molar-refractivity contribution in [3.8, 4) is 11.5 Å². The molecule has 2 heterocycles. The zero-order valence-electron chi connectivity index (χ0n) is 15.1. The third-order valence-corrected chi connectivity index (χ3v) is 7.04. The summed E-state index contributed by atoms with van der Waals surface area (Å²) in [6.45, 7) is 5.17. The molecule has 0 aliphatic carbocycles. The van der Waals surface area contributed by atoms with E-state index in [1.165, 1.54) is 0 Å². The maximum absolute atomic E-state index is 13.7. The summed E-state index contributed by atoms with van der Waals surface area (Å²) in [5.74, 6) is 1.21. The van der Waals surface area contributed by atoms with E-state index in [1.807, 2.05) is 50.2 Å². The van der Waals surface area contributed by atoms with Crippen molar-refractivity contribution in [2.75, 3.05) is 13.2 Å². The highest BCUT2D eigenvalue weighted by Gasteiger charge is 2.38. The van der Waals surface area contributed by atoms with Crippen LogP contribution in [0.1, 0.15) is 30.5 Å². The second kappa shape index (κ2) is 6.59. The molecule has 0 N–H and O–H groups in total. The van der Waals surface area contributed by atoms with Crippen LogP contribution in [0.25, 0.3) is 0 Å². The van der Waals surface area contributed by atoms with Gasteiger partial charge in [0.25, 0.3) is 0 Å². The SMILES string of the molecule is CC(C)N(Cc1ccccc1)S(=O)(=O)c1c2c(cc3c1OCC3)OCC2. The van der Waals surface area contributed by atoms with Crippen LogP contribution >= 0.6 is 0 Å². The number of rotatable bonds is 5. The molecule has 4 rings (SSSR count). The Morgan fingerprint density at radius 3 is 2.54 bits per heavy atom. The normalized spacial score (nSPS) is 15.7. The molecular formula is C20H23NO4S. The standard InChI is InChI=1S/C20H23NO4S/c1-14(2)21(13-15-6-4-3-5-7-15)26(22,23)20-17-9-11-24-18(17)12-16-8-10-25-19(16)20/h3-7,12,14H,8-11,13H2,1-2H3. The molecule has 0 atom stereocenters. The molecule has 0 aromatic heterocycles. The maximum atomic E-state index is 13.7. The summed E-state index contributed by atoms with van der Waals surface area (Å²) in [6.07, 6.45) is 1.31. The van der Waals surface area contributed by atoms with Gasteiger partial charge in [0.1, 0.15) is 16.4 Å². The molecule has 0 fully saturated rings. The number of ether oxygens (including phenoxy) is 2. The van der Waals surface area contributed by atoms with Crippen molar-refractivity contribution in [1.82, 2.24) is 4.31 Å². The lowest BCUT2D eigenvalue weighted by Crippen LogP contribution is -2.37. The molecule has 2 aliphatic heterocycles. The summed E-state index contributed by atoms with van der Waals surface area (Å²) in [5.41, 5.74) is 2.64. The first-order valence-electron chi connectivity index (χ1n) is 8.98. The van der Waals surface area contributed by atoms with Gasteiger partial charge in [0.15, 0.2) is 0 Å². The molecule has 138 valence electrons. The van der Waals surface area contributed by atoms with Crippen LogP contribution in [-0.2, 0) is 29.4 Å². The maximum Gasteiger partial charge on any atom is 0.247 e. The number of benzene rings is 2. The molecule has 0 radical (unpaired) electrons. The molecule has 2 aromatic rings. The molecular weight excluding hydrogens is 350 g/mol. The number of nitrogens with zero attached hydrogens (tertiary/aromatic N) is 1. The third-order valence-electron chi connectivity index (χ3n) is 4.93. The van der Waals surface area contributed by atoms with E-state index >= 15 is 0 Å². The molecule has 26 heavy (non-hydrogen) atoms. The van der Waals surface area contributed by atoms with Crippen LogP contribution in [0.4, 0.5) is 0 Å². The van der Waals surface area contributed by atoms with Gasteiger partial charge in [-0.15, -0.1) is 0 Å². The Morgan fingerprint density at radius 2 is 1.81 bits per heavy atom. The van der Waals surface area contributed by atoms with Crippen molar-refractivity contribution in [2.24, 2.45) is 0 Å². The summed E-state index contributed by atoms with van der Waals surface area (Å²) < 4.78 is 40.4. The molecule has 5 nitrogen and oxygen atoms in total. The van der Waals surface area contributed by atoms with Crippen molar-refractivity contribution in [3.63, 3.8) is 0 Å². The predicted molar refractivity (Wildman–Crippen MR) is 99.1 cm³/mol. The van der Waals surface area contributed by atoms with E-state index in [1.54, 1.807) is 4.31 Å². The second-order valence-electron chi connectivity index (χ2n) is 7.00. The Kier molecular flexibility index (Phi) is 4.40. The highest BCUT2D eigenvalue weighted by Crippen LogP contribution is 2.44. The van der Waals surface area contributed by atoms with Gasteiger partial charge in [-0.3, -0.25) is 0 Å². The molecule has 0 unspecified atom stereocenters. The Morgan fingerprint density at radius 1 is 1.08 bits per heavy atom. The summed E-state index contributed by atoms with van der Waals surface area (Å²) in [7, 11) is -3.72. The summed E-state index contributed by atoms with van der Waals surface area (Å²) in [5, 5.41) is 0. The molecule has 0 spiro atoms.